The maximum Gasteiger partial charge on any atom is 0.234 e. The minimum Gasteiger partial charge on any atom is -0.507 e. The molecule has 3 amide bonds. The average Bonchev–Trinajstić information content (AvgIpc) is 3.70. The molecule has 1 spiro atoms. The molecule has 59 heavy (non-hydrogen) atoms. The highest BCUT2D eigenvalue weighted by molar-refractivity contribution is 6.01. The Morgan fingerprint density at radius 1 is 0.831 bits per heavy atom. The largest absolute Gasteiger partial charge is 0.507 e. The second-order valence-corrected chi connectivity index (χ2v) is 17.4. The molecule has 5 saturated heterocycles. The van der Waals surface area contributed by atoms with E-state index in [4.69, 9.17) is 4.74 Å². The summed E-state index contributed by atoms with van der Waals surface area (Å²) in [4.78, 5) is 48.2. The third-order valence-corrected chi connectivity index (χ3v) is 14.2. The Kier molecular flexibility index (Phi) is 10.9. The van der Waals surface area contributed by atoms with E-state index in [0.29, 0.717) is 56.1 Å². The molecule has 308 valence electrons. The number of aromatic nitrogens is 2. The van der Waals surface area contributed by atoms with E-state index in [1.54, 1.807) is 18.3 Å². The SMILES string of the molecule is CN(C(=O)C1(c2ccccc2)CCN(c2cnnc(-c3ccccc3O)c2)CC1)C1CCN([C@@H]2COC3(CCN(c4ccc([C@H]5CCC(=O)NC5=O)cc4)CC3)C2)CC1. The van der Waals surface area contributed by atoms with Gasteiger partial charge in [-0.25, -0.2) is 0 Å². The van der Waals surface area contributed by atoms with Crippen molar-refractivity contribution in [1.29, 1.82) is 0 Å². The molecule has 0 saturated carbocycles. The summed E-state index contributed by atoms with van der Waals surface area (Å²) in [5.41, 5.74) is 4.72. The first-order chi connectivity index (χ1) is 28.7. The van der Waals surface area contributed by atoms with E-state index >= 15 is 0 Å². The Hall–Kier alpha value is -5.33. The van der Waals surface area contributed by atoms with Crippen molar-refractivity contribution in [3.8, 4) is 17.0 Å². The predicted molar refractivity (Wildman–Crippen MR) is 226 cm³/mol. The molecule has 5 fully saturated rings. The molecule has 0 bridgehead atoms. The molecular formula is C47H55N7O5. The van der Waals surface area contributed by atoms with Crippen molar-refractivity contribution in [2.24, 2.45) is 0 Å². The lowest BCUT2D eigenvalue weighted by molar-refractivity contribution is -0.140. The first-order valence-corrected chi connectivity index (χ1v) is 21.5. The standard InChI is InChI=1S/C47H55N7O5/c1-51(45(58)47(34-7-3-2-4-8-34)21-27-54(28-22-47)37-29-41(50-48-31-37)40-9-5-6-10-42(40)55)35-17-23-52(24-18-35)38-30-46(59-32-38)19-25-53(26-20-46)36-13-11-33(12-14-36)39-15-16-43(56)49-44(39)57/h2-14,29,31,35,38-39,55H,15-28,30,32H2,1H3,(H,49,56,57)/t38-,39+/m0/s1. The second-order valence-electron chi connectivity index (χ2n) is 17.4. The lowest BCUT2D eigenvalue weighted by Gasteiger charge is -2.46. The summed E-state index contributed by atoms with van der Waals surface area (Å²) in [6.45, 7) is 5.94. The van der Waals surface area contributed by atoms with Gasteiger partial charge in [-0.3, -0.25) is 24.6 Å². The van der Waals surface area contributed by atoms with Crippen LogP contribution >= 0.6 is 0 Å². The van der Waals surface area contributed by atoms with Crippen molar-refractivity contribution < 1.29 is 24.2 Å². The number of aromatic hydroxyl groups is 1. The summed E-state index contributed by atoms with van der Waals surface area (Å²) in [6, 6.07) is 28.4. The van der Waals surface area contributed by atoms with Crippen molar-refractivity contribution in [1.82, 2.24) is 25.3 Å². The molecular weight excluding hydrogens is 743 g/mol. The van der Waals surface area contributed by atoms with E-state index in [1.807, 2.05) is 55.6 Å². The van der Waals surface area contributed by atoms with Gasteiger partial charge in [-0.2, -0.15) is 10.2 Å². The molecule has 0 aliphatic carbocycles. The number of benzene rings is 3. The highest BCUT2D eigenvalue weighted by Crippen LogP contribution is 2.42. The van der Waals surface area contributed by atoms with Crippen LogP contribution in [0.15, 0.2) is 91.1 Å². The number of anilines is 2. The summed E-state index contributed by atoms with van der Waals surface area (Å²) in [5, 5.41) is 21.5. The van der Waals surface area contributed by atoms with Gasteiger partial charge in [0, 0.05) is 76.1 Å². The number of carbonyl (C=O) groups is 3. The van der Waals surface area contributed by atoms with Crippen LogP contribution in [0.1, 0.15) is 74.8 Å². The smallest absolute Gasteiger partial charge is 0.234 e. The number of likely N-dealkylation sites (N-methyl/N-ethyl adjacent to an activating group) is 1. The number of piperidine rings is 4. The van der Waals surface area contributed by atoms with Crippen LogP contribution in [0.25, 0.3) is 11.3 Å². The quantitative estimate of drug-likeness (QED) is 0.216. The first-order valence-electron chi connectivity index (χ1n) is 21.5. The molecule has 3 aromatic carbocycles. The third kappa shape index (κ3) is 7.80. The normalized spacial score (nSPS) is 23.6. The monoisotopic (exact) mass is 797 g/mol. The van der Waals surface area contributed by atoms with Gasteiger partial charge < -0.3 is 24.5 Å². The van der Waals surface area contributed by atoms with Crippen LogP contribution in [0.5, 0.6) is 5.75 Å². The lowest BCUT2D eigenvalue weighted by atomic mass is 9.71. The van der Waals surface area contributed by atoms with Gasteiger partial charge in [0.05, 0.1) is 41.1 Å². The number of nitrogens with zero attached hydrogens (tertiary/aromatic N) is 6. The Labute approximate surface area is 346 Å². The number of hydrogen-bond acceptors (Lipinski definition) is 10. The van der Waals surface area contributed by atoms with E-state index in [1.165, 1.54) is 0 Å². The summed E-state index contributed by atoms with van der Waals surface area (Å²) in [7, 11) is 2.02. The maximum absolute atomic E-state index is 14.8. The molecule has 2 N–H and O–H groups in total. The van der Waals surface area contributed by atoms with E-state index in [2.05, 4.69) is 59.4 Å². The molecule has 12 heteroatoms. The predicted octanol–water partition coefficient (Wildman–Crippen LogP) is 5.66. The highest BCUT2D eigenvalue weighted by atomic mass is 16.5. The van der Waals surface area contributed by atoms with Gasteiger partial charge in [0.1, 0.15) is 5.75 Å². The molecule has 12 nitrogen and oxygen atoms in total. The van der Waals surface area contributed by atoms with Crippen LogP contribution in [0, 0.1) is 0 Å². The Bertz CT molecular complexity index is 2140. The number of amides is 3. The molecule has 0 radical (unpaired) electrons. The summed E-state index contributed by atoms with van der Waals surface area (Å²) < 4.78 is 6.65. The first kappa shape index (κ1) is 39.1. The lowest BCUT2D eigenvalue weighted by Crippen LogP contribution is -2.56. The number of rotatable bonds is 8. The van der Waals surface area contributed by atoms with Gasteiger partial charge in [-0.15, -0.1) is 0 Å². The number of imide groups is 1. The fourth-order valence-corrected chi connectivity index (χ4v) is 10.5. The number of carbonyl (C=O) groups excluding carboxylic acids is 3. The Morgan fingerprint density at radius 2 is 1.51 bits per heavy atom. The molecule has 2 atom stereocenters. The number of phenolic OH excluding ortho intramolecular Hbond substituents is 1. The van der Waals surface area contributed by atoms with Gasteiger partial charge in [0.25, 0.3) is 0 Å². The molecule has 1 aromatic heterocycles. The number of hydrogen-bond donors (Lipinski definition) is 2. The summed E-state index contributed by atoms with van der Waals surface area (Å²) in [6.07, 6.45) is 9.02. The molecule has 6 heterocycles. The minimum atomic E-state index is -0.610. The molecule has 9 rings (SSSR count). The van der Waals surface area contributed by atoms with E-state index < -0.39 is 5.41 Å². The number of nitrogens with one attached hydrogen (secondary N) is 1. The topological polar surface area (TPSA) is 131 Å². The van der Waals surface area contributed by atoms with Crippen LogP contribution in [0.3, 0.4) is 0 Å². The highest BCUT2D eigenvalue weighted by Gasteiger charge is 2.48. The molecule has 5 aliphatic heterocycles. The van der Waals surface area contributed by atoms with Gasteiger partial charge in [0.15, 0.2) is 0 Å². The van der Waals surface area contributed by atoms with Crippen molar-refractivity contribution >= 4 is 29.1 Å². The number of ether oxygens (including phenoxy) is 1. The van der Waals surface area contributed by atoms with E-state index in [9.17, 15) is 19.5 Å². The van der Waals surface area contributed by atoms with Crippen LogP contribution in [0.4, 0.5) is 11.4 Å². The van der Waals surface area contributed by atoms with E-state index in [-0.39, 0.29) is 41.0 Å². The number of phenols is 1. The Morgan fingerprint density at radius 3 is 2.22 bits per heavy atom. The zero-order valence-corrected chi connectivity index (χ0v) is 34.0. The van der Waals surface area contributed by atoms with E-state index in [0.717, 1.165) is 87.4 Å². The third-order valence-electron chi connectivity index (χ3n) is 14.2. The van der Waals surface area contributed by atoms with Crippen LogP contribution < -0.4 is 15.1 Å². The zero-order chi connectivity index (χ0) is 40.6. The summed E-state index contributed by atoms with van der Waals surface area (Å²) in [5.74, 6) is -0.259. The van der Waals surface area contributed by atoms with Crippen LogP contribution in [-0.2, 0) is 24.5 Å². The van der Waals surface area contributed by atoms with Gasteiger partial charge in [-0.1, -0.05) is 54.6 Å². The molecule has 0 unspecified atom stereocenters. The van der Waals surface area contributed by atoms with Crippen LogP contribution in [-0.4, -0.2) is 113 Å². The minimum absolute atomic E-state index is 0.0917. The van der Waals surface area contributed by atoms with Gasteiger partial charge in [0.2, 0.25) is 17.7 Å². The average molecular weight is 798 g/mol. The summed E-state index contributed by atoms with van der Waals surface area (Å²) >= 11 is 0. The van der Waals surface area contributed by atoms with Crippen molar-refractivity contribution in [2.75, 3.05) is 62.7 Å². The second kappa shape index (κ2) is 16.4. The van der Waals surface area contributed by atoms with Crippen molar-refractivity contribution in [3.05, 3.63) is 102 Å². The van der Waals surface area contributed by atoms with Gasteiger partial charge >= 0.3 is 0 Å². The molecule has 4 aromatic rings. The Balaban J connectivity index is 0.789. The zero-order valence-electron chi connectivity index (χ0n) is 34.0. The van der Waals surface area contributed by atoms with Gasteiger partial charge in [-0.05, 0) is 92.8 Å². The number of likely N-dealkylation sites (tertiary alicyclic amines) is 1. The van der Waals surface area contributed by atoms with Crippen molar-refractivity contribution in [2.45, 2.75) is 86.8 Å². The van der Waals surface area contributed by atoms with Crippen molar-refractivity contribution in [3.63, 3.8) is 0 Å². The fraction of sp³-hybridized carbons (Fsp3) is 0.468. The van der Waals surface area contributed by atoms with Crippen LogP contribution in [0.2, 0.25) is 0 Å². The fourth-order valence-electron chi connectivity index (χ4n) is 10.5. The molecule has 5 aliphatic rings. The maximum atomic E-state index is 14.8. The number of para-hydroxylation sites is 1.